The van der Waals surface area contributed by atoms with Gasteiger partial charge in [0.15, 0.2) is 0 Å². The Morgan fingerprint density at radius 1 is 1.45 bits per heavy atom. The number of nitrogens with zero attached hydrogens (tertiary/aromatic N) is 1. The highest BCUT2D eigenvalue weighted by Gasteiger charge is 2.09. The molecule has 1 aromatic carbocycles. The van der Waals surface area contributed by atoms with Crippen LogP contribution in [0.25, 0.3) is 10.6 Å². The summed E-state index contributed by atoms with van der Waals surface area (Å²) in [6.45, 7) is 4.82. The summed E-state index contributed by atoms with van der Waals surface area (Å²) in [5.41, 5.74) is 2.71. The molecule has 0 fully saturated rings. The van der Waals surface area contributed by atoms with Crippen molar-refractivity contribution < 1.29 is 19.9 Å². The molecule has 118 valence electrons. The molecule has 0 spiro atoms. The fraction of sp³-hybridized carbons (Fsp3) is 0.375. The Balaban J connectivity index is 2.13. The molecule has 0 radical (unpaired) electrons. The van der Waals surface area contributed by atoms with Gasteiger partial charge in [0.2, 0.25) is 0 Å². The number of aliphatic hydroxyl groups is 1. The second-order valence-electron chi connectivity index (χ2n) is 5.15. The maximum atomic E-state index is 10.6. The maximum Gasteiger partial charge on any atom is 0.123 e. The summed E-state index contributed by atoms with van der Waals surface area (Å²) in [6, 6.07) is 8.10. The molecule has 0 amide bonds. The normalized spacial score (nSPS) is 12.3. The van der Waals surface area contributed by atoms with E-state index < -0.39 is 5.97 Å². The summed E-state index contributed by atoms with van der Waals surface area (Å²) in [6.07, 6.45) is -0.152. The monoisotopic (exact) mass is 320 g/mol. The standard InChI is InChI=1S/C16H20N2O3S/c1-2-18(6-7-19)10-12-4-3-5-13(8-12)16-17-14(11-22-16)9-15(20)21/h3-5,8,11,19H,2,6-7,9-10H2,1H3,(H,20,21). The second kappa shape index (κ2) is 8.03. The average Bonchev–Trinajstić information content (AvgIpc) is 2.95. The highest BCUT2D eigenvalue weighted by Crippen LogP contribution is 2.24. The van der Waals surface area contributed by atoms with Gasteiger partial charge >= 0.3 is 0 Å². The lowest BCUT2D eigenvalue weighted by molar-refractivity contribution is -0.912. The molecule has 0 aliphatic heterocycles. The third kappa shape index (κ3) is 4.62. The van der Waals surface area contributed by atoms with E-state index in [1.165, 1.54) is 21.8 Å². The molecule has 2 aromatic rings. The van der Waals surface area contributed by atoms with Crippen LogP contribution in [-0.2, 0) is 17.8 Å². The third-order valence-electron chi connectivity index (χ3n) is 3.47. The van der Waals surface area contributed by atoms with Crippen molar-refractivity contribution in [1.82, 2.24) is 4.98 Å². The van der Waals surface area contributed by atoms with Crippen molar-refractivity contribution >= 4 is 17.3 Å². The van der Waals surface area contributed by atoms with Crippen molar-refractivity contribution in [2.45, 2.75) is 19.9 Å². The van der Waals surface area contributed by atoms with Crippen LogP contribution < -0.4 is 10.0 Å². The minimum atomic E-state index is -1.11. The maximum absolute atomic E-state index is 10.6. The molecule has 1 unspecified atom stereocenters. The lowest BCUT2D eigenvalue weighted by Crippen LogP contribution is -3.10. The van der Waals surface area contributed by atoms with Gasteiger partial charge in [-0.05, 0) is 13.0 Å². The Morgan fingerprint density at radius 2 is 2.27 bits per heavy atom. The average molecular weight is 320 g/mol. The van der Waals surface area contributed by atoms with Gasteiger partial charge in [-0.15, -0.1) is 11.3 Å². The number of thiazole rings is 1. The van der Waals surface area contributed by atoms with Crippen molar-refractivity contribution in [3.05, 3.63) is 40.9 Å². The molecule has 1 atom stereocenters. The topological polar surface area (TPSA) is 77.7 Å². The third-order valence-corrected chi connectivity index (χ3v) is 4.41. The lowest BCUT2D eigenvalue weighted by atomic mass is 10.1. The number of aliphatic hydroxyl groups excluding tert-OH is 1. The van der Waals surface area contributed by atoms with Gasteiger partial charge in [-0.1, -0.05) is 18.2 Å². The Morgan fingerprint density at radius 3 is 2.95 bits per heavy atom. The van der Waals surface area contributed by atoms with E-state index >= 15 is 0 Å². The van der Waals surface area contributed by atoms with Crippen molar-refractivity contribution in [2.24, 2.45) is 0 Å². The van der Waals surface area contributed by atoms with Gasteiger partial charge in [-0.25, -0.2) is 4.98 Å². The molecule has 1 aromatic heterocycles. The zero-order valence-corrected chi connectivity index (χ0v) is 13.4. The predicted molar refractivity (Wildman–Crippen MR) is 83.4 cm³/mol. The van der Waals surface area contributed by atoms with E-state index in [0.29, 0.717) is 5.69 Å². The first-order valence-electron chi connectivity index (χ1n) is 7.30. The van der Waals surface area contributed by atoms with Crippen LogP contribution in [0.4, 0.5) is 0 Å². The molecule has 22 heavy (non-hydrogen) atoms. The summed E-state index contributed by atoms with van der Waals surface area (Å²) in [4.78, 5) is 16.3. The molecule has 0 aliphatic carbocycles. The number of carboxylic acid groups (broad SMARTS) is 1. The van der Waals surface area contributed by atoms with Crippen molar-refractivity contribution in [1.29, 1.82) is 0 Å². The smallest absolute Gasteiger partial charge is 0.123 e. The predicted octanol–water partition coefficient (Wildman–Crippen LogP) is -0.500. The Kier molecular flexibility index (Phi) is 6.06. The van der Waals surface area contributed by atoms with Gasteiger partial charge in [-0.3, -0.25) is 0 Å². The second-order valence-corrected chi connectivity index (χ2v) is 6.01. The fourth-order valence-corrected chi connectivity index (χ4v) is 3.14. The molecule has 6 heteroatoms. The Labute approximate surface area is 133 Å². The quantitative estimate of drug-likeness (QED) is 0.687. The summed E-state index contributed by atoms with van der Waals surface area (Å²) in [7, 11) is 0. The summed E-state index contributed by atoms with van der Waals surface area (Å²) < 4.78 is 0. The Hall–Kier alpha value is -1.76. The van der Waals surface area contributed by atoms with E-state index in [-0.39, 0.29) is 13.0 Å². The van der Waals surface area contributed by atoms with E-state index in [4.69, 9.17) is 5.11 Å². The van der Waals surface area contributed by atoms with Gasteiger partial charge in [0.25, 0.3) is 0 Å². The number of aliphatic carboxylic acids is 1. The lowest BCUT2D eigenvalue weighted by Gasteiger charge is -2.16. The number of likely N-dealkylation sites (N-methyl/N-ethyl adjacent to an activating group) is 1. The minimum absolute atomic E-state index is 0.152. The van der Waals surface area contributed by atoms with Crippen LogP contribution in [0.5, 0.6) is 0 Å². The van der Waals surface area contributed by atoms with Gasteiger partial charge in [0.1, 0.15) is 18.1 Å². The first kappa shape index (κ1) is 16.6. The van der Waals surface area contributed by atoms with E-state index in [0.717, 1.165) is 30.2 Å². The van der Waals surface area contributed by atoms with Crippen molar-refractivity contribution in [3.63, 3.8) is 0 Å². The first-order valence-corrected chi connectivity index (χ1v) is 8.18. The van der Waals surface area contributed by atoms with Crippen LogP contribution >= 0.6 is 11.3 Å². The zero-order valence-electron chi connectivity index (χ0n) is 12.5. The van der Waals surface area contributed by atoms with Crippen LogP contribution in [0, 0.1) is 0 Å². The van der Waals surface area contributed by atoms with Crippen LogP contribution in [0.2, 0.25) is 0 Å². The summed E-state index contributed by atoms with van der Waals surface area (Å²) >= 11 is 1.44. The highest BCUT2D eigenvalue weighted by atomic mass is 32.1. The molecule has 5 nitrogen and oxygen atoms in total. The number of aromatic nitrogens is 1. The van der Waals surface area contributed by atoms with Crippen molar-refractivity contribution in [3.8, 4) is 10.6 Å². The van der Waals surface area contributed by atoms with Crippen LogP contribution in [0.15, 0.2) is 29.6 Å². The highest BCUT2D eigenvalue weighted by molar-refractivity contribution is 7.13. The largest absolute Gasteiger partial charge is 0.550 e. The van der Waals surface area contributed by atoms with Gasteiger partial charge in [0, 0.05) is 28.9 Å². The van der Waals surface area contributed by atoms with E-state index in [1.807, 2.05) is 12.1 Å². The number of quaternary nitrogens is 1. The number of carbonyl (C=O) groups is 1. The van der Waals surface area contributed by atoms with E-state index in [1.54, 1.807) is 5.38 Å². The van der Waals surface area contributed by atoms with Gasteiger partial charge in [0.05, 0.1) is 18.8 Å². The number of hydrogen-bond donors (Lipinski definition) is 2. The summed E-state index contributed by atoms with van der Waals surface area (Å²) in [5.74, 6) is -1.11. The Bertz CT molecular complexity index is 627. The fourth-order valence-electron chi connectivity index (χ4n) is 2.32. The van der Waals surface area contributed by atoms with E-state index in [9.17, 15) is 9.90 Å². The first-order chi connectivity index (χ1) is 10.6. The summed E-state index contributed by atoms with van der Waals surface area (Å²) in [5, 5.41) is 22.3. The van der Waals surface area contributed by atoms with Crippen molar-refractivity contribution in [2.75, 3.05) is 19.7 Å². The van der Waals surface area contributed by atoms with Gasteiger partial charge in [-0.2, -0.15) is 0 Å². The molecule has 2 rings (SSSR count). The SMILES string of the molecule is CC[NH+](CCO)Cc1cccc(-c2nc(CC(=O)[O-])cs2)c1. The number of benzene rings is 1. The van der Waals surface area contributed by atoms with E-state index in [2.05, 4.69) is 24.0 Å². The molecule has 0 bridgehead atoms. The molecular weight excluding hydrogens is 300 g/mol. The molecule has 2 N–H and O–H groups in total. The number of rotatable bonds is 8. The minimum Gasteiger partial charge on any atom is -0.550 e. The molecule has 0 saturated heterocycles. The van der Waals surface area contributed by atoms with Crippen LogP contribution in [-0.4, -0.2) is 35.8 Å². The molecule has 1 heterocycles. The van der Waals surface area contributed by atoms with Crippen LogP contribution in [0.3, 0.4) is 0 Å². The number of hydrogen-bond acceptors (Lipinski definition) is 5. The number of carbonyl (C=O) groups excluding carboxylic acids is 1. The molecular formula is C16H20N2O3S. The van der Waals surface area contributed by atoms with Gasteiger partial charge < -0.3 is 19.9 Å². The number of carboxylic acids is 1. The zero-order chi connectivity index (χ0) is 15.9. The van der Waals surface area contributed by atoms with Crippen LogP contribution in [0.1, 0.15) is 18.2 Å². The molecule has 0 saturated carbocycles. The number of nitrogens with one attached hydrogen (secondary N) is 1. The molecule has 0 aliphatic rings.